The minimum absolute atomic E-state index is 0.155. The molecule has 0 bridgehead atoms. The summed E-state index contributed by atoms with van der Waals surface area (Å²) in [4.78, 5) is 42.6. The molecular formula is C50H93ClN2O7S. The molecule has 2 saturated heterocycles. The summed E-state index contributed by atoms with van der Waals surface area (Å²) < 4.78 is 18.6. The summed E-state index contributed by atoms with van der Waals surface area (Å²) in [5.41, 5.74) is -0.740. The first-order valence-electron chi connectivity index (χ1n) is 25.5. The Balaban J connectivity index is 1.98. The molecule has 0 aromatic carbocycles. The minimum atomic E-state index is -1.38. The van der Waals surface area contributed by atoms with E-state index in [0.29, 0.717) is 12.3 Å². The van der Waals surface area contributed by atoms with E-state index in [0.717, 1.165) is 64.3 Å². The molecule has 2 aliphatic rings. The van der Waals surface area contributed by atoms with Gasteiger partial charge < -0.3 is 24.6 Å². The van der Waals surface area contributed by atoms with Crippen molar-refractivity contribution in [1.29, 1.82) is 0 Å². The Hall–Kier alpha value is -1.07. The molecule has 358 valence electrons. The maximum absolute atomic E-state index is 13.8. The van der Waals surface area contributed by atoms with Crippen LogP contribution in [-0.4, -0.2) is 95.0 Å². The van der Waals surface area contributed by atoms with Crippen molar-refractivity contribution in [3.05, 3.63) is 0 Å². The Morgan fingerprint density at radius 3 is 1.49 bits per heavy atom. The van der Waals surface area contributed by atoms with Crippen LogP contribution in [0.25, 0.3) is 0 Å². The van der Waals surface area contributed by atoms with Crippen molar-refractivity contribution in [2.45, 2.75) is 274 Å². The van der Waals surface area contributed by atoms with Crippen LogP contribution in [0.5, 0.6) is 0 Å². The number of unbranched alkanes of at least 4 members (excludes halogenated alkanes) is 24. The molecule has 0 aliphatic carbocycles. The third-order valence-corrected chi connectivity index (χ3v) is 14.2. The van der Waals surface area contributed by atoms with E-state index < -0.39 is 47.2 Å². The van der Waals surface area contributed by atoms with Gasteiger partial charge in [-0.2, -0.15) is 0 Å². The lowest BCUT2D eigenvalue weighted by Crippen LogP contribution is -2.66. The number of rotatable bonds is 37. The molecule has 1 amide bonds. The monoisotopic (exact) mass is 901 g/mol. The number of nitrogens with one attached hydrogen (secondary N) is 1. The standard InChI is InChI=1S/C50H93ClN2O7S/c1-7-10-12-14-16-18-20-22-24-26-28-30-32-35-42(54)58-47-45(56)46(44(39(4)51)52-49(57)41-37-40(34-9-3)38-53(41)5)60-50(61-6)48(47)59-43(55)36-33-31-29-27-25-23-21-19-17-15-13-11-8-2/h39-41,44-48,50,56H,7-38H2,1-6H3,(H,52,57)/t39-,40+,41?,44+,45-,46+,47-,48+,50+/m0/s1. The van der Waals surface area contributed by atoms with Crippen molar-refractivity contribution < 1.29 is 33.7 Å². The highest BCUT2D eigenvalue weighted by molar-refractivity contribution is 7.99. The zero-order valence-electron chi connectivity index (χ0n) is 40.0. The van der Waals surface area contributed by atoms with E-state index in [2.05, 4.69) is 31.0 Å². The van der Waals surface area contributed by atoms with Gasteiger partial charge in [0.25, 0.3) is 0 Å². The molecular weight excluding hydrogens is 808 g/mol. The van der Waals surface area contributed by atoms with Gasteiger partial charge in [-0.05, 0) is 51.8 Å². The maximum atomic E-state index is 13.8. The van der Waals surface area contributed by atoms with Crippen molar-refractivity contribution in [3.63, 3.8) is 0 Å². The van der Waals surface area contributed by atoms with Crippen LogP contribution >= 0.6 is 23.4 Å². The Labute approximate surface area is 383 Å². The number of nitrogens with zero attached hydrogens (tertiary/aromatic N) is 1. The van der Waals surface area contributed by atoms with Crippen molar-refractivity contribution in [3.8, 4) is 0 Å². The molecule has 2 aliphatic heterocycles. The summed E-state index contributed by atoms with van der Waals surface area (Å²) in [7, 11) is 1.97. The molecule has 0 aromatic rings. The third kappa shape index (κ3) is 23.6. The normalized spacial score (nSPS) is 24.1. The van der Waals surface area contributed by atoms with Crippen LogP contribution in [0.4, 0.5) is 0 Å². The molecule has 0 radical (unpaired) electrons. The second-order valence-electron chi connectivity index (χ2n) is 18.6. The van der Waals surface area contributed by atoms with Crippen LogP contribution in [-0.2, 0) is 28.6 Å². The molecule has 2 heterocycles. The van der Waals surface area contributed by atoms with Crippen LogP contribution < -0.4 is 5.32 Å². The lowest BCUT2D eigenvalue weighted by atomic mass is 9.92. The van der Waals surface area contributed by atoms with E-state index in [-0.39, 0.29) is 30.8 Å². The van der Waals surface area contributed by atoms with Gasteiger partial charge in [0.15, 0.2) is 12.2 Å². The first-order chi connectivity index (χ1) is 29.6. The Bertz CT molecular complexity index is 1130. The van der Waals surface area contributed by atoms with Crippen LogP contribution in [0.3, 0.4) is 0 Å². The summed E-state index contributed by atoms with van der Waals surface area (Å²) in [6.07, 6.45) is 32.2. The van der Waals surface area contributed by atoms with Gasteiger partial charge in [-0.15, -0.1) is 23.4 Å². The predicted octanol–water partition coefficient (Wildman–Crippen LogP) is 12.5. The topological polar surface area (TPSA) is 114 Å². The SMILES string of the molecule is CCCCCCCCCCCCCCCC(=O)O[C@@H]1[C@@H](OC(=O)CCCCCCCCCCCCCCC)[C@@H](O)[C@@H]([C@H](NC(=O)C2C[C@@H](CCC)CN2C)[C@H](C)Cl)O[C@@H]1SC. The van der Waals surface area contributed by atoms with Crippen LogP contribution in [0, 0.1) is 5.92 Å². The molecule has 2 fully saturated rings. The zero-order valence-corrected chi connectivity index (χ0v) is 41.5. The number of amides is 1. The molecule has 1 unspecified atom stereocenters. The van der Waals surface area contributed by atoms with Gasteiger partial charge in [-0.1, -0.05) is 181 Å². The van der Waals surface area contributed by atoms with E-state index in [1.807, 2.05) is 13.3 Å². The quantitative estimate of drug-likeness (QED) is 0.0357. The number of alkyl halides is 1. The fraction of sp³-hybridized carbons (Fsp3) is 0.940. The number of hydrogen-bond donors (Lipinski definition) is 2. The van der Waals surface area contributed by atoms with Gasteiger partial charge in [-0.25, -0.2) is 0 Å². The first-order valence-corrected chi connectivity index (χ1v) is 27.2. The van der Waals surface area contributed by atoms with Crippen molar-refractivity contribution >= 4 is 41.2 Å². The highest BCUT2D eigenvalue weighted by Gasteiger charge is 2.53. The summed E-state index contributed by atoms with van der Waals surface area (Å²) in [6.45, 7) is 9.30. The highest BCUT2D eigenvalue weighted by Crippen LogP contribution is 2.35. The van der Waals surface area contributed by atoms with E-state index in [4.69, 9.17) is 25.8 Å². The summed E-state index contributed by atoms with van der Waals surface area (Å²) in [5, 5.41) is 14.5. The van der Waals surface area contributed by atoms with Gasteiger partial charge in [-0.3, -0.25) is 19.3 Å². The number of aliphatic hydroxyl groups excluding tert-OH is 1. The van der Waals surface area contributed by atoms with E-state index in [1.165, 1.54) is 134 Å². The fourth-order valence-corrected chi connectivity index (χ4v) is 10.3. The Kier molecular flexibility index (Phi) is 32.4. The number of esters is 2. The molecule has 0 aromatic heterocycles. The molecule has 9 atom stereocenters. The molecule has 11 heteroatoms. The van der Waals surface area contributed by atoms with E-state index in [1.54, 1.807) is 6.92 Å². The molecule has 0 saturated carbocycles. The molecule has 61 heavy (non-hydrogen) atoms. The van der Waals surface area contributed by atoms with Gasteiger partial charge in [0.1, 0.15) is 17.6 Å². The number of carbonyl (C=O) groups excluding carboxylic acids is 3. The summed E-state index contributed by atoms with van der Waals surface area (Å²) in [6, 6.07) is -1.08. The summed E-state index contributed by atoms with van der Waals surface area (Å²) in [5.74, 6) is -0.527. The number of ether oxygens (including phenoxy) is 3. The minimum Gasteiger partial charge on any atom is -0.455 e. The maximum Gasteiger partial charge on any atom is 0.306 e. The number of aliphatic hydroxyl groups is 1. The van der Waals surface area contributed by atoms with Crippen molar-refractivity contribution in [2.24, 2.45) is 5.92 Å². The average molecular weight is 902 g/mol. The fourth-order valence-electron chi connectivity index (χ4n) is 9.34. The number of thioether (sulfide) groups is 1. The molecule has 0 spiro atoms. The second kappa shape index (κ2) is 35.2. The third-order valence-electron chi connectivity index (χ3n) is 13.1. The van der Waals surface area contributed by atoms with Crippen LogP contribution in [0.2, 0.25) is 0 Å². The number of likely N-dealkylation sites (N-methyl/N-ethyl adjacent to an activating group) is 1. The average Bonchev–Trinajstić information content (AvgIpc) is 3.61. The highest BCUT2D eigenvalue weighted by atomic mass is 35.5. The van der Waals surface area contributed by atoms with Crippen LogP contribution in [0.1, 0.15) is 227 Å². The predicted molar refractivity (Wildman–Crippen MR) is 255 cm³/mol. The van der Waals surface area contributed by atoms with E-state index >= 15 is 0 Å². The Morgan fingerprint density at radius 1 is 0.689 bits per heavy atom. The second-order valence-corrected chi connectivity index (χ2v) is 20.3. The zero-order chi connectivity index (χ0) is 44.7. The van der Waals surface area contributed by atoms with Gasteiger partial charge in [0, 0.05) is 19.4 Å². The number of hydrogen-bond acceptors (Lipinski definition) is 9. The smallest absolute Gasteiger partial charge is 0.306 e. The molecule has 9 nitrogen and oxygen atoms in total. The number of likely N-dealkylation sites (tertiary alicyclic amines) is 1. The molecule has 2 N–H and O–H groups in total. The first kappa shape index (κ1) is 56.1. The van der Waals surface area contributed by atoms with E-state index in [9.17, 15) is 19.5 Å². The van der Waals surface area contributed by atoms with Crippen molar-refractivity contribution in [2.75, 3.05) is 19.8 Å². The number of carbonyl (C=O) groups is 3. The van der Waals surface area contributed by atoms with Crippen molar-refractivity contribution in [1.82, 2.24) is 10.2 Å². The summed E-state index contributed by atoms with van der Waals surface area (Å²) >= 11 is 8.10. The van der Waals surface area contributed by atoms with Gasteiger partial charge in [0.05, 0.1) is 17.5 Å². The largest absolute Gasteiger partial charge is 0.455 e. The number of halogens is 1. The Morgan fingerprint density at radius 2 is 1.10 bits per heavy atom. The molecule has 2 rings (SSSR count). The lowest BCUT2D eigenvalue weighted by molar-refractivity contribution is -0.229. The van der Waals surface area contributed by atoms with Gasteiger partial charge in [0.2, 0.25) is 5.91 Å². The van der Waals surface area contributed by atoms with Crippen LogP contribution in [0.15, 0.2) is 0 Å². The van der Waals surface area contributed by atoms with Gasteiger partial charge >= 0.3 is 11.9 Å². The lowest BCUT2D eigenvalue weighted by Gasteiger charge is -2.46.